The minimum Gasteiger partial charge on any atom is -0.198 e. The van der Waals surface area contributed by atoms with Gasteiger partial charge in [-0.3, -0.25) is 0 Å². The average Bonchev–Trinajstić information content (AvgIpc) is 2.18. The van der Waals surface area contributed by atoms with Crippen molar-refractivity contribution in [2.45, 2.75) is 18.8 Å². The van der Waals surface area contributed by atoms with Crippen molar-refractivity contribution in [3.05, 3.63) is 32.7 Å². The molecule has 0 saturated carbocycles. The van der Waals surface area contributed by atoms with Crippen molar-refractivity contribution in [3.63, 3.8) is 0 Å². The summed E-state index contributed by atoms with van der Waals surface area (Å²) in [5.41, 5.74) is 1.00. The van der Waals surface area contributed by atoms with Crippen molar-refractivity contribution in [2.24, 2.45) is 0 Å². The van der Waals surface area contributed by atoms with Crippen LogP contribution in [0.5, 0.6) is 0 Å². The molecule has 0 N–H and O–H groups in total. The fourth-order valence-corrected chi connectivity index (χ4v) is 3.04. The van der Waals surface area contributed by atoms with Crippen LogP contribution >= 0.6 is 31.9 Å². The number of hydrogen-bond acceptors (Lipinski definition) is 2. The first-order chi connectivity index (χ1) is 7.20. The zero-order valence-electron chi connectivity index (χ0n) is 7.87. The van der Waals surface area contributed by atoms with Gasteiger partial charge < -0.3 is 0 Å². The molecule has 0 aromatic heterocycles. The van der Waals surface area contributed by atoms with E-state index in [-0.39, 0.29) is 5.92 Å². The number of rotatable bonds is 3. The molecule has 0 bridgehead atoms. The zero-order valence-corrected chi connectivity index (χ0v) is 11.0. The second kappa shape index (κ2) is 5.90. The van der Waals surface area contributed by atoms with Crippen molar-refractivity contribution >= 4 is 31.9 Å². The molecule has 0 spiro atoms. The van der Waals surface area contributed by atoms with Gasteiger partial charge in [0.25, 0.3) is 0 Å². The average molecular weight is 328 g/mol. The summed E-state index contributed by atoms with van der Waals surface area (Å²) in [5.74, 6) is -0.0371. The lowest BCUT2D eigenvalue weighted by atomic mass is 9.94. The first-order valence-corrected chi connectivity index (χ1v) is 5.97. The summed E-state index contributed by atoms with van der Waals surface area (Å²) in [4.78, 5) is 0. The minimum atomic E-state index is -0.0371. The van der Waals surface area contributed by atoms with Gasteiger partial charge in [-0.05, 0) is 17.7 Å². The van der Waals surface area contributed by atoms with E-state index in [2.05, 4.69) is 44.0 Å². The minimum absolute atomic E-state index is 0.0371. The molecule has 0 heterocycles. The first kappa shape index (κ1) is 12.2. The number of benzene rings is 1. The standard InChI is InChI=1S/C11H8Br2N2/c12-9-2-1-3-10(13)11(9)8(4-6-14)5-7-15/h1-3,8H,4-5H2. The molecule has 1 aromatic rings. The van der Waals surface area contributed by atoms with Gasteiger partial charge in [0.05, 0.1) is 12.1 Å². The second-order valence-electron chi connectivity index (χ2n) is 3.06. The first-order valence-electron chi connectivity index (χ1n) is 4.38. The molecule has 0 fully saturated rings. The SMILES string of the molecule is N#CCC(CC#N)c1c(Br)cccc1Br. The molecule has 0 unspecified atom stereocenters. The summed E-state index contributed by atoms with van der Waals surface area (Å²) in [6.07, 6.45) is 0.712. The highest BCUT2D eigenvalue weighted by Crippen LogP contribution is 2.35. The third-order valence-corrected chi connectivity index (χ3v) is 3.47. The van der Waals surface area contributed by atoms with E-state index in [0.29, 0.717) is 12.8 Å². The molecular formula is C11H8Br2N2. The van der Waals surface area contributed by atoms with Crippen LogP contribution in [0.25, 0.3) is 0 Å². The van der Waals surface area contributed by atoms with Gasteiger partial charge in [0.15, 0.2) is 0 Å². The van der Waals surface area contributed by atoms with Gasteiger partial charge in [0.2, 0.25) is 0 Å². The van der Waals surface area contributed by atoms with E-state index in [1.54, 1.807) is 0 Å². The lowest BCUT2D eigenvalue weighted by Gasteiger charge is -2.14. The maximum atomic E-state index is 8.72. The summed E-state index contributed by atoms with van der Waals surface area (Å²) in [5, 5.41) is 17.4. The Morgan fingerprint density at radius 3 is 1.93 bits per heavy atom. The zero-order chi connectivity index (χ0) is 11.3. The van der Waals surface area contributed by atoms with Gasteiger partial charge in [-0.25, -0.2) is 0 Å². The van der Waals surface area contributed by atoms with Crippen LogP contribution in [-0.4, -0.2) is 0 Å². The van der Waals surface area contributed by atoms with Crippen LogP contribution in [0, 0.1) is 22.7 Å². The topological polar surface area (TPSA) is 47.6 Å². The van der Waals surface area contributed by atoms with E-state index < -0.39 is 0 Å². The lowest BCUT2D eigenvalue weighted by Crippen LogP contribution is -1.99. The molecule has 15 heavy (non-hydrogen) atoms. The lowest BCUT2D eigenvalue weighted by molar-refractivity contribution is 0.719. The maximum absolute atomic E-state index is 8.72. The summed E-state index contributed by atoms with van der Waals surface area (Å²) >= 11 is 6.88. The van der Waals surface area contributed by atoms with Crippen LogP contribution in [0.15, 0.2) is 27.1 Å². The molecule has 0 radical (unpaired) electrons. The molecule has 0 amide bonds. The molecule has 1 rings (SSSR count). The molecule has 76 valence electrons. The van der Waals surface area contributed by atoms with Crippen LogP contribution in [-0.2, 0) is 0 Å². The van der Waals surface area contributed by atoms with E-state index >= 15 is 0 Å². The van der Waals surface area contributed by atoms with Crippen molar-refractivity contribution in [1.29, 1.82) is 10.5 Å². The van der Waals surface area contributed by atoms with Crippen LogP contribution in [0.4, 0.5) is 0 Å². The van der Waals surface area contributed by atoms with Crippen molar-refractivity contribution in [1.82, 2.24) is 0 Å². The van der Waals surface area contributed by atoms with Gasteiger partial charge in [-0.1, -0.05) is 37.9 Å². The highest BCUT2D eigenvalue weighted by Gasteiger charge is 2.16. The smallest absolute Gasteiger partial charge is 0.0628 e. The molecule has 0 aliphatic rings. The summed E-state index contributed by atoms with van der Waals surface area (Å²) in [6, 6.07) is 9.97. The predicted molar refractivity (Wildman–Crippen MR) is 65.0 cm³/mol. The number of hydrogen-bond donors (Lipinski definition) is 0. The van der Waals surface area contributed by atoms with Gasteiger partial charge in [-0.15, -0.1) is 0 Å². The highest BCUT2D eigenvalue weighted by atomic mass is 79.9. The summed E-state index contributed by atoms with van der Waals surface area (Å²) < 4.78 is 1.87. The van der Waals surface area contributed by atoms with E-state index in [0.717, 1.165) is 14.5 Å². The van der Waals surface area contributed by atoms with Gasteiger partial charge in [-0.2, -0.15) is 10.5 Å². The summed E-state index contributed by atoms with van der Waals surface area (Å²) in [6.45, 7) is 0. The van der Waals surface area contributed by atoms with Crippen LogP contribution in [0.1, 0.15) is 24.3 Å². The Balaban J connectivity index is 3.12. The number of halogens is 2. The fourth-order valence-electron chi connectivity index (χ4n) is 1.40. The Bertz CT molecular complexity index is 393. The van der Waals surface area contributed by atoms with Crippen LogP contribution in [0.3, 0.4) is 0 Å². The highest BCUT2D eigenvalue weighted by molar-refractivity contribution is 9.11. The number of nitrogens with zero attached hydrogens (tertiary/aromatic N) is 2. The van der Waals surface area contributed by atoms with Crippen LogP contribution < -0.4 is 0 Å². The molecule has 2 nitrogen and oxygen atoms in total. The van der Waals surface area contributed by atoms with E-state index in [1.807, 2.05) is 18.2 Å². The van der Waals surface area contributed by atoms with Crippen LogP contribution in [0.2, 0.25) is 0 Å². The molecule has 0 saturated heterocycles. The third-order valence-electron chi connectivity index (χ3n) is 2.08. The van der Waals surface area contributed by atoms with Gasteiger partial charge >= 0.3 is 0 Å². The Labute approximate surface area is 106 Å². The Morgan fingerprint density at radius 2 is 1.53 bits per heavy atom. The quantitative estimate of drug-likeness (QED) is 0.838. The molecular weight excluding hydrogens is 320 g/mol. The molecule has 1 aromatic carbocycles. The molecule has 4 heteroatoms. The number of nitriles is 2. The van der Waals surface area contributed by atoms with Gasteiger partial charge in [0.1, 0.15) is 0 Å². The third kappa shape index (κ3) is 3.06. The Kier molecular flexibility index (Phi) is 4.81. The summed E-state index contributed by atoms with van der Waals surface area (Å²) in [7, 11) is 0. The van der Waals surface area contributed by atoms with E-state index in [1.165, 1.54) is 0 Å². The molecule has 0 aliphatic carbocycles. The fraction of sp³-hybridized carbons (Fsp3) is 0.273. The molecule has 0 atom stereocenters. The van der Waals surface area contributed by atoms with Crippen molar-refractivity contribution in [3.8, 4) is 12.1 Å². The Hall–Kier alpha value is -0.840. The Morgan fingerprint density at radius 1 is 1.07 bits per heavy atom. The normalized spacial score (nSPS) is 9.67. The maximum Gasteiger partial charge on any atom is 0.0628 e. The van der Waals surface area contributed by atoms with E-state index in [4.69, 9.17) is 10.5 Å². The van der Waals surface area contributed by atoms with Crippen molar-refractivity contribution in [2.75, 3.05) is 0 Å². The second-order valence-corrected chi connectivity index (χ2v) is 4.77. The monoisotopic (exact) mass is 326 g/mol. The molecule has 0 aliphatic heterocycles. The van der Waals surface area contributed by atoms with Crippen molar-refractivity contribution < 1.29 is 0 Å². The van der Waals surface area contributed by atoms with Gasteiger partial charge in [0, 0.05) is 27.7 Å². The van der Waals surface area contributed by atoms with E-state index in [9.17, 15) is 0 Å². The largest absolute Gasteiger partial charge is 0.198 e. The predicted octanol–water partition coefficient (Wildman–Crippen LogP) is 4.12.